The number of halogens is 6. The van der Waals surface area contributed by atoms with Gasteiger partial charge < -0.3 is 10.0 Å². The number of aliphatic carboxylic acids is 1. The SMILES string of the molecule is O=C(O)[C@H]1CCN(C(=O)c2cc(C(F)(F)F)cc(C(F)(F)F)c2)C1. The summed E-state index contributed by atoms with van der Waals surface area (Å²) in [6.45, 7) is -0.306. The number of hydrogen-bond donors (Lipinski definition) is 1. The molecule has 1 fully saturated rings. The molecule has 0 spiro atoms. The molecule has 0 aliphatic carbocycles. The topological polar surface area (TPSA) is 57.6 Å². The van der Waals surface area contributed by atoms with Crippen LogP contribution in [-0.2, 0) is 17.1 Å². The van der Waals surface area contributed by atoms with Gasteiger partial charge in [-0.3, -0.25) is 9.59 Å². The molecule has 1 N–H and O–H groups in total. The van der Waals surface area contributed by atoms with E-state index in [1.165, 1.54) is 0 Å². The fourth-order valence-corrected chi connectivity index (χ4v) is 2.41. The summed E-state index contributed by atoms with van der Waals surface area (Å²) in [5, 5.41) is 8.85. The molecule has 1 aliphatic rings. The number of carboxylic acid groups (broad SMARTS) is 1. The molecule has 24 heavy (non-hydrogen) atoms. The first-order chi connectivity index (χ1) is 10.9. The lowest BCUT2D eigenvalue weighted by atomic mass is 10.0. The average molecular weight is 355 g/mol. The quantitative estimate of drug-likeness (QED) is 0.829. The van der Waals surface area contributed by atoms with Crippen LogP contribution in [0.2, 0.25) is 0 Å². The Morgan fingerprint density at radius 1 is 1.00 bits per heavy atom. The molecular formula is C14H11F6NO3. The van der Waals surface area contributed by atoms with Crippen LogP contribution in [0.1, 0.15) is 27.9 Å². The van der Waals surface area contributed by atoms with Crippen molar-refractivity contribution in [1.82, 2.24) is 4.90 Å². The van der Waals surface area contributed by atoms with Crippen molar-refractivity contribution in [2.75, 3.05) is 13.1 Å². The number of amides is 1. The third-order valence-electron chi connectivity index (χ3n) is 3.66. The first kappa shape index (κ1) is 18.1. The zero-order chi connectivity index (χ0) is 18.3. The van der Waals surface area contributed by atoms with E-state index in [0.29, 0.717) is 12.1 Å². The molecular weight excluding hydrogens is 344 g/mol. The minimum atomic E-state index is -5.05. The zero-order valence-electron chi connectivity index (χ0n) is 11.9. The van der Waals surface area contributed by atoms with Gasteiger partial charge in [0.2, 0.25) is 0 Å². The van der Waals surface area contributed by atoms with Crippen LogP contribution < -0.4 is 0 Å². The van der Waals surface area contributed by atoms with Crippen LogP contribution in [0.5, 0.6) is 0 Å². The van der Waals surface area contributed by atoms with Crippen LogP contribution in [0.3, 0.4) is 0 Å². The molecule has 0 bridgehead atoms. The second-order valence-electron chi connectivity index (χ2n) is 5.37. The van der Waals surface area contributed by atoms with E-state index in [1.807, 2.05) is 0 Å². The molecule has 1 aliphatic heterocycles. The minimum Gasteiger partial charge on any atom is -0.481 e. The van der Waals surface area contributed by atoms with Crippen molar-refractivity contribution in [3.63, 3.8) is 0 Å². The molecule has 1 aromatic rings. The number of likely N-dealkylation sites (tertiary alicyclic amines) is 1. The Labute approximate surface area is 131 Å². The number of hydrogen-bond acceptors (Lipinski definition) is 2. The van der Waals surface area contributed by atoms with Gasteiger partial charge in [0.25, 0.3) is 5.91 Å². The molecule has 4 nitrogen and oxygen atoms in total. The van der Waals surface area contributed by atoms with Gasteiger partial charge in [-0.15, -0.1) is 0 Å². The largest absolute Gasteiger partial charge is 0.481 e. The lowest BCUT2D eigenvalue weighted by Gasteiger charge is -2.18. The van der Waals surface area contributed by atoms with E-state index in [-0.39, 0.29) is 25.6 Å². The van der Waals surface area contributed by atoms with Gasteiger partial charge >= 0.3 is 18.3 Å². The lowest BCUT2D eigenvalue weighted by molar-refractivity contribution is -0.143. The predicted octanol–water partition coefficient (Wildman–Crippen LogP) is 3.27. The second kappa shape index (κ2) is 5.99. The predicted molar refractivity (Wildman–Crippen MR) is 68.1 cm³/mol. The number of rotatable bonds is 2. The second-order valence-corrected chi connectivity index (χ2v) is 5.37. The van der Waals surface area contributed by atoms with Crippen LogP contribution in [0.15, 0.2) is 18.2 Å². The third kappa shape index (κ3) is 3.80. The maximum absolute atomic E-state index is 12.8. The number of benzene rings is 1. The van der Waals surface area contributed by atoms with E-state index >= 15 is 0 Å². The van der Waals surface area contributed by atoms with E-state index in [0.717, 1.165) is 4.90 Å². The molecule has 0 radical (unpaired) electrons. The molecule has 0 unspecified atom stereocenters. The van der Waals surface area contributed by atoms with Crippen LogP contribution in [-0.4, -0.2) is 35.0 Å². The van der Waals surface area contributed by atoms with E-state index < -0.39 is 46.8 Å². The number of nitrogens with zero attached hydrogens (tertiary/aromatic N) is 1. The van der Waals surface area contributed by atoms with E-state index in [1.54, 1.807) is 0 Å². The average Bonchev–Trinajstić information content (AvgIpc) is 2.94. The normalized spacial score (nSPS) is 18.8. The van der Waals surface area contributed by atoms with Crippen molar-refractivity contribution in [2.24, 2.45) is 5.92 Å². The molecule has 1 aromatic carbocycles. The Morgan fingerprint density at radius 2 is 1.50 bits per heavy atom. The molecule has 10 heteroatoms. The van der Waals surface area contributed by atoms with Crippen molar-refractivity contribution in [2.45, 2.75) is 18.8 Å². The van der Waals surface area contributed by atoms with Gasteiger partial charge in [-0.25, -0.2) is 0 Å². The van der Waals surface area contributed by atoms with Gasteiger partial charge in [-0.1, -0.05) is 0 Å². The number of carboxylic acids is 1. The van der Waals surface area contributed by atoms with Crippen molar-refractivity contribution >= 4 is 11.9 Å². The first-order valence-corrected chi connectivity index (χ1v) is 6.71. The molecule has 1 amide bonds. The molecule has 0 aromatic heterocycles. The van der Waals surface area contributed by atoms with Crippen LogP contribution >= 0.6 is 0 Å². The van der Waals surface area contributed by atoms with Gasteiger partial charge in [0.15, 0.2) is 0 Å². The molecule has 2 rings (SSSR count). The third-order valence-corrected chi connectivity index (χ3v) is 3.66. The zero-order valence-corrected chi connectivity index (χ0v) is 11.9. The number of carbonyl (C=O) groups excluding carboxylic acids is 1. The van der Waals surface area contributed by atoms with Crippen LogP contribution in [0.4, 0.5) is 26.3 Å². The smallest absolute Gasteiger partial charge is 0.416 e. The Hall–Kier alpha value is -2.26. The first-order valence-electron chi connectivity index (χ1n) is 6.71. The summed E-state index contributed by atoms with van der Waals surface area (Å²) < 4.78 is 76.6. The molecule has 1 atom stereocenters. The Bertz CT molecular complexity index is 635. The van der Waals surface area contributed by atoms with Crippen LogP contribution in [0.25, 0.3) is 0 Å². The Kier molecular flexibility index (Phi) is 4.51. The maximum Gasteiger partial charge on any atom is 0.416 e. The summed E-state index contributed by atoms with van der Waals surface area (Å²) in [4.78, 5) is 24.0. The molecule has 1 saturated heterocycles. The highest BCUT2D eigenvalue weighted by Crippen LogP contribution is 2.36. The maximum atomic E-state index is 12.8. The molecule has 132 valence electrons. The van der Waals surface area contributed by atoms with Gasteiger partial charge in [0, 0.05) is 18.7 Å². The minimum absolute atomic E-state index is 0.0482. The van der Waals surface area contributed by atoms with E-state index in [2.05, 4.69) is 0 Å². The van der Waals surface area contributed by atoms with Crippen molar-refractivity contribution in [3.05, 3.63) is 34.9 Å². The molecule has 0 saturated carbocycles. The fraction of sp³-hybridized carbons (Fsp3) is 0.429. The summed E-state index contributed by atoms with van der Waals surface area (Å²) in [5.41, 5.74) is -3.95. The van der Waals surface area contributed by atoms with Crippen LogP contribution in [0, 0.1) is 5.92 Å². The van der Waals surface area contributed by atoms with E-state index in [4.69, 9.17) is 5.11 Å². The summed E-state index contributed by atoms with van der Waals surface area (Å²) >= 11 is 0. The standard InChI is InChI=1S/C14H11F6NO3/c15-13(16,17)9-3-8(4-10(5-9)14(18,19)20)11(22)21-2-1-7(6-21)12(23)24/h3-5,7H,1-2,6H2,(H,23,24)/t7-/m0/s1. The van der Waals surface area contributed by atoms with E-state index in [9.17, 15) is 35.9 Å². The Balaban J connectivity index is 2.39. The summed E-state index contributed by atoms with van der Waals surface area (Å²) in [6.07, 6.45) is -10.0. The van der Waals surface area contributed by atoms with Gasteiger partial charge in [-0.2, -0.15) is 26.3 Å². The summed E-state index contributed by atoms with van der Waals surface area (Å²) in [6, 6.07) is 0.609. The number of carbonyl (C=O) groups is 2. The molecule has 1 heterocycles. The summed E-state index contributed by atoms with van der Waals surface area (Å²) in [5.74, 6) is -3.12. The summed E-state index contributed by atoms with van der Waals surface area (Å²) in [7, 11) is 0. The highest BCUT2D eigenvalue weighted by molar-refractivity contribution is 5.95. The Morgan fingerprint density at radius 3 is 1.88 bits per heavy atom. The van der Waals surface area contributed by atoms with Crippen molar-refractivity contribution in [3.8, 4) is 0 Å². The van der Waals surface area contributed by atoms with Gasteiger partial charge in [0.05, 0.1) is 17.0 Å². The highest BCUT2D eigenvalue weighted by Gasteiger charge is 2.38. The fourth-order valence-electron chi connectivity index (χ4n) is 2.41. The lowest BCUT2D eigenvalue weighted by Crippen LogP contribution is -2.30. The van der Waals surface area contributed by atoms with Gasteiger partial charge in [0.1, 0.15) is 0 Å². The van der Waals surface area contributed by atoms with Crippen molar-refractivity contribution < 1.29 is 41.0 Å². The van der Waals surface area contributed by atoms with Gasteiger partial charge in [-0.05, 0) is 24.6 Å². The highest BCUT2D eigenvalue weighted by atomic mass is 19.4. The van der Waals surface area contributed by atoms with Crippen molar-refractivity contribution in [1.29, 1.82) is 0 Å². The monoisotopic (exact) mass is 355 g/mol. The number of alkyl halides is 6.